The average molecular weight is 213 g/mol. The molecule has 1 N–H and O–H groups in total. The summed E-state index contributed by atoms with van der Waals surface area (Å²) in [5.74, 6) is 0. The Morgan fingerprint density at radius 2 is 2.06 bits per heavy atom. The molecule has 1 fully saturated rings. The number of nitrogens with zero attached hydrogens (tertiary/aromatic N) is 2. The van der Waals surface area contributed by atoms with Crippen molar-refractivity contribution in [3.05, 3.63) is 30.5 Å². The summed E-state index contributed by atoms with van der Waals surface area (Å²) in [6.45, 7) is 2.27. The van der Waals surface area contributed by atoms with Gasteiger partial charge in [-0.05, 0) is 32.3 Å². The van der Waals surface area contributed by atoms with Gasteiger partial charge in [-0.3, -0.25) is 0 Å². The van der Waals surface area contributed by atoms with E-state index in [1.165, 1.54) is 19.3 Å². The number of hydrogen-bond acceptors (Lipinski definition) is 3. The summed E-state index contributed by atoms with van der Waals surface area (Å²) in [5.41, 5.74) is 2.31. The lowest BCUT2D eigenvalue weighted by Crippen LogP contribution is -2.41. The lowest BCUT2D eigenvalue weighted by molar-refractivity contribution is 0.307. The molecule has 0 radical (unpaired) electrons. The summed E-state index contributed by atoms with van der Waals surface area (Å²) in [6, 6.07) is 8.12. The third-order valence-electron chi connectivity index (χ3n) is 3.44. The molecule has 1 aromatic heterocycles. The second kappa shape index (κ2) is 3.44. The lowest BCUT2D eigenvalue weighted by Gasteiger charge is -2.40. The summed E-state index contributed by atoms with van der Waals surface area (Å²) in [4.78, 5) is 0. The normalized spacial score (nSPS) is 18.1. The summed E-state index contributed by atoms with van der Waals surface area (Å²) in [7, 11) is 0. The van der Waals surface area contributed by atoms with Crippen LogP contribution in [-0.2, 0) is 0 Å². The smallest absolute Gasteiger partial charge is 0.0950 e. The van der Waals surface area contributed by atoms with E-state index in [4.69, 9.17) is 0 Å². The van der Waals surface area contributed by atoms with Crippen LogP contribution in [0, 0.1) is 0 Å². The zero-order valence-corrected chi connectivity index (χ0v) is 9.40. The number of anilines is 1. The number of fused-ring (bicyclic) bond motifs is 1. The molecule has 0 bridgehead atoms. The van der Waals surface area contributed by atoms with Gasteiger partial charge in [0, 0.05) is 10.9 Å². The minimum Gasteiger partial charge on any atom is -0.378 e. The molecule has 1 aliphatic rings. The largest absolute Gasteiger partial charge is 0.378 e. The zero-order chi connectivity index (χ0) is 11.0. The SMILES string of the molecule is CC1(Nc2cnnc3ccccc23)CCC1. The minimum absolute atomic E-state index is 0.256. The van der Waals surface area contributed by atoms with Crippen LogP contribution >= 0.6 is 0 Å². The maximum Gasteiger partial charge on any atom is 0.0950 e. The van der Waals surface area contributed by atoms with Gasteiger partial charge in [-0.15, -0.1) is 0 Å². The molecule has 0 saturated heterocycles. The predicted molar refractivity (Wildman–Crippen MR) is 65.4 cm³/mol. The molecule has 1 aliphatic carbocycles. The van der Waals surface area contributed by atoms with Gasteiger partial charge in [-0.25, -0.2) is 0 Å². The Kier molecular flexibility index (Phi) is 2.06. The molecule has 1 aromatic carbocycles. The fourth-order valence-corrected chi connectivity index (χ4v) is 2.26. The van der Waals surface area contributed by atoms with Crippen molar-refractivity contribution >= 4 is 16.6 Å². The Morgan fingerprint density at radius 1 is 1.25 bits per heavy atom. The molecule has 0 atom stereocenters. The summed E-state index contributed by atoms with van der Waals surface area (Å²) >= 11 is 0. The van der Waals surface area contributed by atoms with Crippen molar-refractivity contribution in [2.24, 2.45) is 0 Å². The van der Waals surface area contributed by atoms with Crippen molar-refractivity contribution in [1.29, 1.82) is 0 Å². The van der Waals surface area contributed by atoms with Crippen LogP contribution in [0.2, 0.25) is 0 Å². The van der Waals surface area contributed by atoms with Crippen molar-refractivity contribution in [2.75, 3.05) is 5.32 Å². The van der Waals surface area contributed by atoms with Crippen LogP contribution in [0.4, 0.5) is 5.69 Å². The molecular formula is C13H15N3. The van der Waals surface area contributed by atoms with E-state index in [0.717, 1.165) is 16.6 Å². The minimum atomic E-state index is 0.256. The van der Waals surface area contributed by atoms with E-state index in [2.05, 4.69) is 28.5 Å². The molecule has 0 unspecified atom stereocenters. The first-order chi connectivity index (χ1) is 7.77. The van der Waals surface area contributed by atoms with Gasteiger partial charge in [-0.2, -0.15) is 10.2 Å². The monoisotopic (exact) mass is 213 g/mol. The van der Waals surface area contributed by atoms with Crippen LogP contribution in [0.15, 0.2) is 30.5 Å². The van der Waals surface area contributed by atoms with Crippen LogP contribution in [0.3, 0.4) is 0 Å². The Balaban J connectivity index is 2.03. The van der Waals surface area contributed by atoms with Crippen LogP contribution in [-0.4, -0.2) is 15.7 Å². The van der Waals surface area contributed by atoms with Crippen molar-refractivity contribution in [3.63, 3.8) is 0 Å². The maximum absolute atomic E-state index is 4.13. The molecule has 3 nitrogen and oxygen atoms in total. The van der Waals surface area contributed by atoms with Crippen LogP contribution in [0.1, 0.15) is 26.2 Å². The Morgan fingerprint density at radius 3 is 2.81 bits per heavy atom. The van der Waals surface area contributed by atoms with E-state index in [9.17, 15) is 0 Å². The Labute approximate surface area is 94.9 Å². The van der Waals surface area contributed by atoms with Gasteiger partial charge in [0.15, 0.2) is 0 Å². The highest BCUT2D eigenvalue weighted by atomic mass is 15.1. The van der Waals surface area contributed by atoms with Crippen LogP contribution in [0.5, 0.6) is 0 Å². The van der Waals surface area contributed by atoms with Crippen molar-refractivity contribution in [1.82, 2.24) is 10.2 Å². The van der Waals surface area contributed by atoms with Gasteiger partial charge in [0.25, 0.3) is 0 Å². The fraction of sp³-hybridized carbons (Fsp3) is 0.385. The summed E-state index contributed by atoms with van der Waals surface area (Å²) in [6.07, 6.45) is 5.62. The first-order valence-electron chi connectivity index (χ1n) is 5.75. The van der Waals surface area contributed by atoms with E-state index in [-0.39, 0.29) is 5.54 Å². The molecule has 0 amide bonds. The topological polar surface area (TPSA) is 37.8 Å². The molecule has 1 heterocycles. The first kappa shape index (κ1) is 9.58. The standard InChI is InChI=1S/C13H15N3/c1-13(7-4-8-13)15-12-9-14-16-11-6-3-2-5-10(11)12/h2-3,5-6,9H,4,7-8H2,1H3,(H,15,16). The molecule has 2 aromatic rings. The van der Waals surface area contributed by atoms with E-state index in [1.54, 1.807) is 0 Å². The maximum atomic E-state index is 4.13. The first-order valence-corrected chi connectivity index (χ1v) is 5.75. The fourth-order valence-electron chi connectivity index (χ4n) is 2.26. The van der Waals surface area contributed by atoms with Gasteiger partial charge in [-0.1, -0.05) is 18.2 Å². The highest BCUT2D eigenvalue weighted by Crippen LogP contribution is 2.35. The summed E-state index contributed by atoms with van der Waals surface area (Å²) < 4.78 is 0. The van der Waals surface area contributed by atoms with E-state index in [1.807, 2.05) is 24.4 Å². The third-order valence-corrected chi connectivity index (χ3v) is 3.44. The van der Waals surface area contributed by atoms with Crippen LogP contribution < -0.4 is 5.32 Å². The Bertz CT molecular complexity index is 512. The molecule has 82 valence electrons. The second-order valence-corrected chi connectivity index (χ2v) is 4.81. The third kappa shape index (κ3) is 1.52. The number of nitrogens with one attached hydrogen (secondary N) is 1. The zero-order valence-electron chi connectivity index (χ0n) is 9.40. The number of benzene rings is 1. The van der Waals surface area contributed by atoms with Gasteiger partial charge in [0.05, 0.1) is 17.4 Å². The van der Waals surface area contributed by atoms with Gasteiger partial charge in [0.1, 0.15) is 0 Å². The number of rotatable bonds is 2. The molecule has 0 spiro atoms. The van der Waals surface area contributed by atoms with E-state index in [0.29, 0.717) is 0 Å². The van der Waals surface area contributed by atoms with Crippen molar-refractivity contribution in [3.8, 4) is 0 Å². The quantitative estimate of drug-likeness (QED) is 0.833. The van der Waals surface area contributed by atoms with E-state index < -0.39 is 0 Å². The summed E-state index contributed by atoms with van der Waals surface area (Å²) in [5, 5.41) is 12.9. The highest BCUT2D eigenvalue weighted by molar-refractivity contribution is 5.90. The van der Waals surface area contributed by atoms with Crippen molar-refractivity contribution in [2.45, 2.75) is 31.7 Å². The van der Waals surface area contributed by atoms with Crippen molar-refractivity contribution < 1.29 is 0 Å². The molecule has 16 heavy (non-hydrogen) atoms. The molecule has 3 rings (SSSR count). The Hall–Kier alpha value is -1.64. The second-order valence-electron chi connectivity index (χ2n) is 4.81. The molecular weight excluding hydrogens is 198 g/mol. The van der Waals surface area contributed by atoms with E-state index >= 15 is 0 Å². The molecule has 0 aliphatic heterocycles. The average Bonchev–Trinajstić information content (AvgIpc) is 2.27. The molecule has 1 saturated carbocycles. The predicted octanol–water partition coefficient (Wildman–Crippen LogP) is 2.98. The number of aromatic nitrogens is 2. The number of hydrogen-bond donors (Lipinski definition) is 1. The van der Waals surface area contributed by atoms with Gasteiger partial charge in [0.2, 0.25) is 0 Å². The highest BCUT2D eigenvalue weighted by Gasteiger charge is 2.31. The molecule has 3 heteroatoms. The van der Waals surface area contributed by atoms with Gasteiger partial charge >= 0.3 is 0 Å². The van der Waals surface area contributed by atoms with Crippen LogP contribution in [0.25, 0.3) is 10.9 Å². The van der Waals surface area contributed by atoms with Gasteiger partial charge < -0.3 is 5.32 Å². The lowest BCUT2D eigenvalue weighted by atomic mass is 9.78.